The number of tetrazole rings is 1. The van der Waals surface area contributed by atoms with Crippen LogP contribution in [0.25, 0.3) is 11.4 Å². The smallest absolute Gasteiger partial charge is 0.337 e. The van der Waals surface area contributed by atoms with Crippen LogP contribution in [0.5, 0.6) is 0 Å². The summed E-state index contributed by atoms with van der Waals surface area (Å²) in [4.78, 5) is 24.7. The van der Waals surface area contributed by atoms with Crippen molar-refractivity contribution in [3.63, 3.8) is 0 Å². The van der Waals surface area contributed by atoms with E-state index in [1.165, 1.54) is 11.9 Å². The Balaban J connectivity index is 1.60. The van der Waals surface area contributed by atoms with Crippen LogP contribution in [0, 0.1) is 0 Å². The number of carbonyl (C=O) groups is 2. The molecule has 1 heterocycles. The van der Waals surface area contributed by atoms with Crippen molar-refractivity contribution in [2.75, 3.05) is 19.0 Å². The van der Waals surface area contributed by atoms with Crippen LogP contribution in [0.3, 0.4) is 0 Å². The van der Waals surface area contributed by atoms with E-state index in [4.69, 9.17) is 0 Å². The van der Waals surface area contributed by atoms with Crippen molar-refractivity contribution in [2.24, 2.45) is 0 Å². The molecular weight excluding hydrogens is 360 g/mol. The normalized spacial score (nSPS) is 10.4. The van der Waals surface area contributed by atoms with Gasteiger partial charge in [-0.2, -0.15) is 0 Å². The number of benzene rings is 2. The summed E-state index contributed by atoms with van der Waals surface area (Å²) in [5.41, 5.74) is 2.62. The third-order valence-electron chi connectivity index (χ3n) is 3.93. The van der Waals surface area contributed by atoms with Gasteiger partial charge >= 0.3 is 5.97 Å². The van der Waals surface area contributed by atoms with Gasteiger partial charge in [0.05, 0.1) is 12.7 Å². The van der Waals surface area contributed by atoms with Crippen molar-refractivity contribution in [2.45, 2.75) is 13.6 Å². The first-order valence-electron chi connectivity index (χ1n) is 8.69. The van der Waals surface area contributed by atoms with Crippen LogP contribution in [0.1, 0.15) is 27.6 Å². The average Bonchev–Trinajstić information content (AvgIpc) is 3.21. The molecule has 0 atom stereocenters. The second kappa shape index (κ2) is 8.76. The van der Waals surface area contributed by atoms with Crippen LogP contribution in [-0.4, -0.2) is 45.7 Å². The lowest BCUT2D eigenvalue weighted by atomic mass is 10.1. The molecule has 0 spiro atoms. The fourth-order valence-electron chi connectivity index (χ4n) is 2.46. The third-order valence-corrected chi connectivity index (χ3v) is 3.93. The van der Waals surface area contributed by atoms with Crippen molar-refractivity contribution in [3.05, 3.63) is 59.7 Å². The molecule has 9 nitrogen and oxygen atoms in total. The second-order valence-electron chi connectivity index (χ2n) is 5.83. The number of aromatic nitrogens is 4. The molecule has 0 aliphatic heterocycles. The Bertz CT molecular complexity index is 951. The van der Waals surface area contributed by atoms with E-state index in [9.17, 15) is 9.59 Å². The summed E-state index contributed by atoms with van der Waals surface area (Å²) in [7, 11) is 1.34. The predicted octanol–water partition coefficient (Wildman–Crippen LogP) is 1.95. The molecule has 0 fully saturated rings. The third kappa shape index (κ3) is 4.50. The van der Waals surface area contributed by atoms with E-state index in [2.05, 4.69) is 30.8 Å². The molecule has 0 aliphatic carbocycles. The molecule has 1 amide bonds. The minimum Gasteiger partial charge on any atom is -0.465 e. The number of amides is 1. The van der Waals surface area contributed by atoms with Gasteiger partial charge in [-0.05, 0) is 48.5 Å². The van der Waals surface area contributed by atoms with Crippen LogP contribution in [0.15, 0.2) is 48.5 Å². The number of anilines is 1. The van der Waals surface area contributed by atoms with Gasteiger partial charge in [0.1, 0.15) is 6.67 Å². The number of hydrogen-bond acceptors (Lipinski definition) is 7. The van der Waals surface area contributed by atoms with Crippen molar-refractivity contribution in [1.82, 2.24) is 25.5 Å². The Morgan fingerprint density at radius 1 is 1.04 bits per heavy atom. The monoisotopic (exact) mass is 380 g/mol. The maximum atomic E-state index is 11.8. The maximum Gasteiger partial charge on any atom is 0.337 e. The summed E-state index contributed by atoms with van der Waals surface area (Å²) >= 11 is 0. The van der Waals surface area contributed by atoms with Crippen molar-refractivity contribution >= 4 is 17.6 Å². The van der Waals surface area contributed by atoms with Crippen LogP contribution in [0.2, 0.25) is 0 Å². The van der Waals surface area contributed by atoms with Gasteiger partial charge in [-0.15, -0.1) is 15.0 Å². The fraction of sp³-hybridized carbons (Fsp3) is 0.211. The highest BCUT2D eigenvalue weighted by Gasteiger charge is 2.09. The molecule has 144 valence electrons. The van der Waals surface area contributed by atoms with E-state index in [1.54, 1.807) is 36.4 Å². The molecular formula is C19H20N6O3. The molecule has 2 aromatic carbocycles. The highest BCUT2D eigenvalue weighted by molar-refractivity contribution is 5.94. The number of carbonyl (C=O) groups excluding carboxylic acids is 2. The predicted molar refractivity (Wildman–Crippen MR) is 103 cm³/mol. The minimum atomic E-state index is -0.398. The number of ether oxygens (including phenoxy) is 1. The standard InChI is InChI=1S/C19H20N6O3/c1-3-20-18(26)14-8-10-16(11-9-14)21-12-25-23-17(22-24-25)13-4-6-15(7-5-13)19(27)28-2/h4-11,21H,3,12H2,1-2H3,(H,20,26). The Hall–Kier alpha value is -3.75. The van der Waals surface area contributed by atoms with Crippen LogP contribution < -0.4 is 10.6 Å². The number of rotatable bonds is 7. The highest BCUT2D eigenvalue weighted by atomic mass is 16.5. The molecule has 1 aromatic heterocycles. The van der Waals surface area contributed by atoms with Gasteiger partial charge in [-0.25, -0.2) is 4.79 Å². The van der Waals surface area contributed by atoms with Gasteiger partial charge in [0.2, 0.25) is 5.82 Å². The zero-order valence-corrected chi connectivity index (χ0v) is 15.5. The summed E-state index contributed by atoms with van der Waals surface area (Å²) < 4.78 is 4.68. The lowest BCUT2D eigenvalue weighted by Gasteiger charge is -2.06. The Morgan fingerprint density at radius 2 is 1.71 bits per heavy atom. The van der Waals surface area contributed by atoms with E-state index in [-0.39, 0.29) is 5.91 Å². The van der Waals surface area contributed by atoms with Crippen molar-refractivity contribution in [1.29, 1.82) is 0 Å². The molecule has 9 heteroatoms. The summed E-state index contributed by atoms with van der Waals surface area (Å²) in [6.45, 7) is 2.78. The van der Waals surface area contributed by atoms with Gasteiger partial charge < -0.3 is 15.4 Å². The number of hydrogen-bond donors (Lipinski definition) is 2. The lowest BCUT2D eigenvalue weighted by Crippen LogP contribution is -2.22. The largest absolute Gasteiger partial charge is 0.465 e. The molecule has 0 aliphatic rings. The number of nitrogens with one attached hydrogen (secondary N) is 2. The first-order valence-corrected chi connectivity index (χ1v) is 8.69. The number of methoxy groups -OCH3 is 1. The molecule has 0 saturated heterocycles. The average molecular weight is 380 g/mol. The van der Waals surface area contributed by atoms with Crippen LogP contribution in [-0.2, 0) is 11.4 Å². The van der Waals surface area contributed by atoms with Crippen LogP contribution in [0.4, 0.5) is 5.69 Å². The molecule has 3 aromatic rings. The molecule has 2 N–H and O–H groups in total. The Kier molecular flexibility index (Phi) is 5.95. The summed E-state index contributed by atoms with van der Waals surface area (Å²) in [5.74, 6) is -0.0507. The number of nitrogens with zero attached hydrogens (tertiary/aromatic N) is 4. The molecule has 0 radical (unpaired) electrons. The van der Waals surface area contributed by atoms with Crippen LogP contribution >= 0.6 is 0 Å². The number of esters is 1. The first-order chi connectivity index (χ1) is 13.6. The van der Waals surface area contributed by atoms with E-state index in [1.807, 2.05) is 19.1 Å². The summed E-state index contributed by atoms with van der Waals surface area (Å²) in [6.07, 6.45) is 0. The highest BCUT2D eigenvalue weighted by Crippen LogP contribution is 2.15. The van der Waals surface area contributed by atoms with Gasteiger partial charge in [-0.3, -0.25) is 4.79 Å². The SMILES string of the molecule is CCNC(=O)c1ccc(NCn2nnc(-c3ccc(C(=O)OC)cc3)n2)cc1. The Labute approximate surface area is 161 Å². The topological polar surface area (TPSA) is 111 Å². The van der Waals surface area contributed by atoms with Crippen molar-refractivity contribution < 1.29 is 14.3 Å². The summed E-state index contributed by atoms with van der Waals surface area (Å²) in [6, 6.07) is 13.9. The quantitative estimate of drug-likeness (QED) is 0.603. The van der Waals surface area contributed by atoms with Gasteiger partial charge in [0.25, 0.3) is 5.91 Å². The van der Waals surface area contributed by atoms with Gasteiger partial charge in [0, 0.05) is 23.4 Å². The van der Waals surface area contributed by atoms with E-state index in [0.717, 1.165) is 11.3 Å². The van der Waals surface area contributed by atoms with E-state index < -0.39 is 5.97 Å². The van der Waals surface area contributed by atoms with Gasteiger partial charge in [0.15, 0.2) is 0 Å². The van der Waals surface area contributed by atoms with Crippen molar-refractivity contribution in [3.8, 4) is 11.4 Å². The molecule has 3 rings (SSSR count). The lowest BCUT2D eigenvalue weighted by molar-refractivity contribution is 0.0600. The zero-order valence-electron chi connectivity index (χ0n) is 15.5. The van der Waals surface area contributed by atoms with Gasteiger partial charge in [-0.1, -0.05) is 12.1 Å². The van der Waals surface area contributed by atoms with E-state index >= 15 is 0 Å². The zero-order chi connectivity index (χ0) is 19.9. The molecule has 0 unspecified atom stereocenters. The Morgan fingerprint density at radius 3 is 2.36 bits per heavy atom. The second-order valence-corrected chi connectivity index (χ2v) is 5.83. The minimum absolute atomic E-state index is 0.102. The first kappa shape index (κ1) is 19.0. The maximum absolute atomic E-state index is 11.8. The molecule has 0 bridgehead atoms. The molecule has 28 heavy (non-hydrogen) atoms. The summed E-state index contributed by atoms with van der Waals surface area (Å²) in [5, 5.41) is 18.3. The van der Waals surface area contributed by atoms with E-state index in [0.29, 0.717) is 30.2 Å². The molecule has 0 saturated carbocycles. The fourth-order valence-corrected chi connectivity index (χ4v) is 2.46.